The van der Waals surface area contributed by atoms with Crippen LogP contribution in [-0.2, 0) is 14.3 Å². The van der Waals surface area contributed by atoms with Crippen molar-refractivity contribution in [3.63, 3.8) is 0 Å². The third-order valence-corrected chi connectivity index (χ3v) is 6.27. The van der Waals surface area contributed by atoms with Crippen molar-refractivity contribution in [3.8, 4) is 11.5 Å². The summed E-state index contributed by atoms with van der Waals surface area (Å²) in [4.78, 5) is 23.5. The van der Waals surface area contributed by atoms with Gasteiger partial charge in [0.25, 0.3) is 0 Å². The van der Waals surface area contributed by atoms with E-state index in [4.69, 9.17) is 14.2 Å². The number of hydrogen-bond acceptors (Lipinski definition) is 7. The first kappa shape index (κ1) is 23.4. The molecule has 1 aromatic carbocycles. The van der Waals surface area contributed by atoms with Crippen LogP contribution < -0.4 is 15.0 Å². The van der Waals surface area contributed by atoms with Crippen LogP contribution in [0.3, 0.4) is 0 Å². The molecule has 2 heterocycles. The van der Waals surface area contributed by atoms with Crippen LogP contribution in [0.4, 0.5) is 11.6 Å². The maximum atomic E-state index is 12.3. The third-order valence-electron chi connectivity index (χ3n) is 6.27. The molecule has 33 heavy (non-hydrogen) atoms. The maximum Gasteiger partial charge on any atom is 0.227 e. The molecule has 1 amide bonds. The van der Waals surface area contributed by atoms with E-state index < -0.39 is 0 Å². The molecule has 2 fully saturated rings. The Hall–Kier alpha value is -2.71. The van der Waals surface area contributed by atoms with E-state index >= 15 is 0 Å². The van der Waals surface area contributed by atoms with Crippen LogP contribution in [0.15, 0.2) is 30.6 Å². The van der Waals surface area contributed by atoms with Gasteiger partial charge in [-0.3, -0.25) is 4.79 Å². The molecule has 1 aliphatic heterocycles. The van der Waals surface area contributed by atoms with E-state index in [9.17, 15) is 4.79 Å². The summed E-state index contributed by atoms with van der Waals surface area (Å²) >= 11 is 0. The minimum absolute atomic E-state index is 0.0235. The second-order valence-corrected chi connectivity index (χ2v) is 9.19. The summed E-state index contributed by atoms with van der Waals surface area (Å²) in [6.45, 7) is 7.87. The van der Waals surface area contributed by atoms with Gasteiger partial charge >= 0.3 is 0 Å². The number of amides is 1. The van der Waals surface area contributed by atoms with Crippen molar-refractivity contribution in [2.24, 2.45) is 5.92 Å². The number of rotatable bonds is 8. The summed E-state index contributed by atoms with van der Waals surface area (Å²) in [5, 5.41) is 2.99. The summed E-state index contributed by atoms with van der Waals surface area (Å²) in [6.07, 6.45) is 7.71. The van der Waals surface area contributed by atoms with E-state index in [1.807, 2.05) is 25.1 Å². The zero-order chi connectivity index (χ0) is 23.4. The van der Waals surface area contributed by atoms with Crippen LogP contribution in [0.25, 0.3) is 0 Å². The largest absolute Gasteiger partial charge is 0.454 e. The quantitative estimate of drug-likeness (QED) is 0.635. The van der Waals surface area contributed by atoms with Crippen molar-refractivity contribution in [2.45, 2.75) is 64.8 Å². The predicted molar refractivity (Wildman–Crippen MR) is 127 cm³/mol. The number of piperidine rings is 1. The zero-order valence-corrected chi connectivity index (χ0v) is 19.9. The van der Waals surface area contributed by atoms with E-state index in [0.29, 0.717) is 23.6 Å². The van der Waals surface area contributed by atoms with E-state index in [1.165, 1.54) is 0 Å². The normalized spacial score (nSPS) is 21.1. The van der Waals surface area contributed by atoms with Gasteiger partial charge in [0.1, 0.15) is 5.75 Å². The Kier molecular flexibility index (Phi) is 7.45. The van der Waals surface area contributed by atoms with Crippen LogP contribution >= 0.6 is 0 Å². The Morgan fingerprint density at radius 3 is 2.42 bits per heavy atom. The molecule has 178 valence electrons. The minimum atomic E-state index is 0.0235. The van der Waals surface area contributed by atoms with E-state index in [-0.39, 0.29) is 24.0 Å². The van der Waals surface area contributed by atoms with Gasteiger partial charge in [0.05, 0.1) is 30.7 Å². The highest BCUT2D eigenvalue weighted by Crippen LogP contribution is 2.32. The molecule has 1 N–H and O–H groups in total. The summed E-state index contributed by atoms with van der Waals surface area (Å²) in [5.41, 5.74) is 1.69. The summed E-state index contributed by atoms with van der Waals surface area (Å²) in [7, 11) is 1.69. The number of ether oxygens (including phenoxy) is 3. The first-order valence-electron chi connectivity index (χ1n) is 11.8. The Balaban J connectivity index is 1.29. The predicted octanol–water partition coefficient (Wildman–Crippen LogP) is 4.33. The second-order valence-electron chi connectivity index (χ2n) is 9.19. The Bertz CT molecular complexity index is 936. The number of methoxy groups -OCH3 is 1. The molecule has 0 spiro atoms. The fraction of sp³-hybridized carbons (Fsp3) is 0.560. The summed E-state index contributed by atoms with van der Waals surface area (Å²) in [6, 6.07) is 5.63. The van der Waals surface area contributed by atoms with Crippen LogP contribution in [0.2, 0.25) is 0 Å². The Labute approximate surface area is 195 Å². The van der Waals surface area contributed by atoms with E-state index in [2.05, 4.69) is 34.0 Å². The van der Waals surface area contributed by atoms with Crippen molar-refractivity contribution in [1.29, 1.82) is 0 Å². The molecular formula is C25H34N4O4. The molecule has 1 aromatic heterocycles. The van der Waals surface area contributed by atoms with Crippen LogP contribution in [0, 0.1) is 12.8 Å². The highest BCUT2D eigenvalue weighted by Gasteiger charge is 2.34. The van der Waals surface area contributed by atoms with Gasteiger partial charge in [-0.05, 0) is 70.2 Å². The fourth-order valence-corrected chi connectivity index (χ4v) is 4.29. The van der Waals surface area contributed by atoms with Gasteiger partial charge in [-0.15, -0.1) is 0 Å². The molecule has 1 saturated heterocycles. The first-order chi connectivity index (χ1) is 15.9. The molecule has 0 radical (unpaired) electrons. The number of aromatic nitrogens is 2. The van der Waals surface area contributed by atoms with Gasteiger partial charge in [0.2, 0.25) is 11.9 Å². The van der Waals surface area contributed by atoms with Gasteiger partial charge < -0.3 is 24.4 Å². The highest BCUT2D eigenvalue weighted by atomic mass is 16.5. The number of nitrogens with one attached hydrogen (secondary N) is 1. The van der Waals surface area contributed by atoms with Crippen LogP contribution in [-0.4, -0.2) is 54.4 Å². The fourth-order valence-electron chi connectivity index (χ4n) is 4.29. The Morgan fingerprint density at radius 1 is 1.12 bits per heavy atom. The van der Waals surface area contributed by atoms with E-state index in [0.717, 1.165) is 50.0 Å². The molecule has 4 rings (SSSR count). The summed E-state index contributed by atoms with van der Waals surface area (Å²) < 4.78 is 17.2. The number of aryl methyl sites for hydroxylation is 1. The minimum Gasteiger partial charge on any atom is -0.454 e. The molecule has 8 heteroatoms. The zero-order valence-electron chi connectivity index (χ0n) is 19.9. The number of anilines is 2. The second kappa shape index (κ2) is 10.5. The van der Waals surface area contributed by atoms with Crippen molar-refractivity contribution < 1.29 is 19.0 Å². The SMILES string of the molecule is COC1CC(C(=O)Nc2ccc(Oc3cnc(N4CCC(OC(C)C)CC4)nc3)c(C)c2)C1. The van der Waals surface area contributed by atoms with Crippen LogP contribution in [0.1, 0.15) is 45.1 Å². The molecule has 0 bridgehead atoms. The number of carbonyl (C=O) groups is 1. The van der Waals surface area contributed by atoms with Gasteiger partial charge in [0, 0.05) is 31.8 Å². The van der Waals surface area contributed by atoms with Gasteiger partial charge in [0.15, 0.2) is 5.75 Å². The maximum absolute atomic E-state index is 12.3. The molecule has 2 aliphatic rings. The molecular weight excluding hydrogens is 420 g/mol. The smallest absolute Gasteiger partial charge is 0.227 e. The standard InChI is InChI=1S/C25H34N4O4/c1-16(2)32-20-7-9-29(10-8-20)25-26-14-22(15-27-25)33-23-6-5-19(11-17(23)3)28-24(30)18-12-21(13-18)31-4/h5-6,11,14-16,18,20-21H,7-10,12-13H2,1-4H3,(H,28,30). The van der Waals surface area contributed by atoms with Crippen molar-refractivity contribution in [1.82, 2.24) is 9.97 Å². The lowest BCUT2D eigenvalue weighted by molar-refractivity contribution is -0.127. The van der Waals surface area contributed by atoms with Crippen molar-refractivity contribution in [3.05, 3.63) is 36.2 Å². The molecule has 1 saturated carbocycles. The molecule has 2 aromatic rings. The monoisotopic (exact) mass is 454 g/mol. The van der Waals surface area contributed by atoms with Crippen molar-refractivity contribution >= 4 is 17.5 Å². The lowest BCUT2D eigenvalue weighted by atomic mass is 9.81. The third kappa shape index (κ3) is 6.00. The van der Waals surface area contributed by atoms with Gasteiger partial charge in [-0.25, -0.2) is 9.97 Å². The van der Waals surface area contributed by atoms with Crippen LogP contribution in [0.5, 0.6) is 11.5 Å². The molecule has 0 atom stereocenters. The molecule has 8 nitrogen and oxygen atoms in total. The van der Waals surface area contributed by atoms with E-state index in [1.54, 1.807) is 19.5 Å². The number of nitrogens with zero attached hydrogens (tertiary/aromatic N) is 3. The topological polar surface area (TPSA) is 85.8 Å². The average molecular weight is 455 g/mol. The lowest BCUT2D eigenvalue weighted by Gasteiger charge is -2.32. The lowest BCUT2D eigenvalue weighted by Crippen LogP contribution is -2.38. The number of hydrogen-bond donors (Lipinski definition) is 1. The number of carbonyl (C=O) groups excluding carboxylic acids is 1. The van der Waals surface area contributed by atoms with Gasteiger partial charge in [-0.2, -0.15) is 0 Å². The highest BCUT2D eigenvalue weighted by molar-refractivity contribution is 5.93. The number of benzene rings is 1. The Morgan fingerprint density at radius 2 is 1.82 bits per heavy atom. The first-order valence-corrected chi connectivity index (χ1v) is 11.8. The van der Waals surface area contributed by atoms with Gasteiger partial charge in [-0.1, -0.05) is 0 Å². The average Bonchev–Trinajstić information content (AvgIpc) is 2.76. The summed E-state index contributed by atoms with van der Waals surface area (Å²) in [5.74, 6) is 2.07. The van der Waals surface area contributed by atoms with Crippen molar-refractivity contribution in [2.75, 3.05) is 30.4 Å². The molecule has 1 aliphatic carbocycles. The molecule has 0 unspecified atom stereocenters.